The third-order valence-electron chi connectivity index (χ3n) is 4.28. The van der Waals surface area contributed by atoms with E-state index in [9.17, 15) is 9.59 Å². The third-order valence-corrected chi connectivity index (χ3v) is 4.83. The normalized spacial score (nSPS) is 25.9. The van der Waals surface area contributed by atoms with Gasteiger partial charge < -0.3 is 5.32 Å². The van der Waals surface area contributed by atoms with Gasteiger partial charge in [-0.2, -0.15) is 0 Å². The smallest absolute Gasteiger partial charge is 0.319 e. The van der Waals surface area contributed by atoms with Crippen LogP contribution in [0.15, 0.2) is 18.2 Å². The molecule has 0 saturated carbocycles. The van der Waals surface area contributed by atoms with Gasteiger partial charge in [0.1, 0.15) is 5.54 Å². The first-order valence-corrected chi connectivity index (χ1v) is 7.99. The number of carbonyl (C=O) groups is 2. The Morgan fingerprint density at radius 3 is 2.55 bits per heavy atom. The first kappa shape index (κ1) is 15.6. The van der Waals surface area contributed by atoms with E-state index in [4.69, 9.17) is 23.2 Å². The lowest BCUT2D eigenvalue weighted by atomic mass is 9.92. The maximum absolute atomic E-state index is 12.8. The summed E-state index contributed by atoms with van der Waals surface area (Å²) < 4.78 is 0. The van der Waals surface area contributed by atoms with Crippen molar-refractivity contribution in [3.8, 4) is 0 Å². The molecule has 1 N–H and O–H groups in total. The number of carbonyl (C=O) groups excluding carboxylic acids is 2. The number of likely N-dealkylation sites (tertiary alicyclic amines) is 1. The molecule has 2 aliphatic heterocycles. The summed E-state index contributed by atoms with van der Waals surface area (Å²) in [6, 6.07) is 4.54. The van der Waals surface area contributed by atoms with Crippen molar-refractivity contribution in [2.75, 3.05) is 19.8 Å². The van der Waals surface area contributed by atoms with E-state index in [0.29, 0.717) is 22.3 Å². The molecule has 118 valence electrons. The van der Waals surface area contributed by atoms with E-state index in [1.54, 1.807) is 25.1 Å². The van der Waals surface area contributed by atoms with Crippen LogP contribution in [0.1, 0.15) is 25.3 Å². The van der Waals surface area contributed by atoms with Gasteiger partial charge in [0.2, 0.25) is 0 Å². The molecule has 5 nitrogen and oxygen atoms in total. The van der Waals surface area contributed by atoms with Crippen LogP contribution in [-0.2, 0) is 10.3 Å². The molecule has 3 rings (SSSR count). The Labute approximate surface area is 139 Å². The maximum Gasteiger partial charge on any atom is 0.326 e. The van der Waals surface area contributed by atoms with Gasteiger partial charge in [0, 0.05) is 15.6 Å². The van der Waals surface area contributed by atoms with Gasteiger partial charge in [-0.05, 0) is 45.0 Å². The molecule has 2 aliphatic rings. The molecule has 0 aliphatic carbocycles. The molecular weight excluding hydrogens is 325 g/mol. The Balaban J connectivity index is 1.88. The minimum atomic E-state index is -1.15. The number of rotatable bonds is 3. The highest BCUT2D eigenvalue weighted by Gasteiger charge is 2.50. The molecule has 0 bridgehead atoms. The number of hydrogen-bond donors (Lipinski definition) is 1. The average Bonchev–Trinajstić information content (AvgIpc) is 3.02. The van der Waals surface area contributed by atoms with Crippen molar-refractivity contribution in [2.45, 2.75) is 25.3 Å². The summed E-state index contributed by atoms with van der Waals surface area (Å²) in [5.41, 5.74) is -0.598. The van der Waals surface area contributed by atoms with E-state index in [-0.39, 0.29) is 11.9 Å². The fourth-order valence-corrected chi connectivity index (χ4v) is 3.62. The second-order valence-electron chi connectivity index (χ2n) is 5.88. The fourth-order valence-electron chi connectivity index (χ4n) is 3.03. The molecule has 2 heterocycles. The predicted octanol–water partition coefficient (Wildman–Crippen LogP) is 2.81. The summed E-state index contributed by atoms with van der Waals surface area (Å²) in [7, 11) is 0. The van der Waals surface area contributed by atoms with Crippen molar-refractivity contribution in [3.05, 3.63) is 33.8 Å². The van der Waals surface area contributed by atoms with Gasteiger partial charge in [-0.25, -0.2) is 9.69 Å². The van der Waals surface area contributed by atoms with Crippen LogP contribution in [-0.4, -0.2) is 41.5 Å². The molecule has 7 heteroatoms. The number of nitrogens with one attached hydrogen (secondary N) is 1. The van der Waals surface area contributed by atoms with E-state index in [1.807, 2.05) is 0 Å². The van der Waals surface area contributed by atoms with Gasteiger partial charge in [-0.3, -0.25) is 9.69 Å². The van der Waals surface area contributed by atoms with Crippen LogP contribution in [0.25, 0.3) is 0 Å². The van der Waals surface area contributed by atoms with Gasteiger partial charge in [0.25, 0.3) is 5.91 Å². The number of amides is 3. The summed E-state index contributed by atoms with van der Waals surface area (Å²) in [6.45, 7) is 3.82. The van der Waals surface area contributed by atoms with Crippen molar-refractivity contribution in [3.63, 3.8) is 0 Å². The largest absolute Gasteiger partial charge is 0.326 e. The number of hydrogen-bond acceptors (Lipinski definition) is 3. The molecular formula is C15H17Cl2N3O2. The third kappa shape index (κ3) is 2.57. The minimum Gasteiger partial charge on any atom is -0.319 e. The highest BCUT2D eigenvalue weighted by molar-refractivity contribution is 6.35. The Bertz CT molecular complexity index is 631. The zero-order chi connectivity index (χ0) is 15.9. The number of benzene rings is 1. The summed E-state index contributed by atoms with van der Waals surface area (Å²) in [5.74, 6) is -0.284. The summed E-state index contributed by atoms with van der Waals surface area (Å²) in [6.07, 6.45) is 2.20. The zero-order valence-electron chi connectivity index (χ0n) is 12.2. The number of urea groups is 1. The van der Waals surface area contributed by atoms with Crippen LogP contribution >= 0.6 is 23.2 Å². The SMILES string of the molecule is CC1(c2ccc(Cl)cc2Cl)NC(=O)N(CN2CCCC2)C1=O. The second-order valence-corrected chi connectivity index (χ2v) is 6.72. The molecule has 1 aromatic carbocycles. The van der Waals surface area contributed by atoms with E-state index >= 15 is 0 Å². The number of imide groups is 1. The topological polar surface area (TPSA) is 52.7 Å². The molecule has 1 atom stereocenters. The van der Waals surface area contributed by atoms with Crippen LogP contribution in [0, 0.1) is 0 Å². The summed E-state index contributed by atoms with van der Waals surface area (Å²) in [4.78, 5) is 28.4. The van der Waals surface area contributed by atoms with Crippen molar-refractivity contribution in [1.29, 1.82) is 0 Å². The van der Waals surface area contributed by atoms with Crippen LogP contribution in [0.4, 0.5) is 4.79 Å². The van der Waals surface area contributed by atoms with Crippen LogP contribution in [0.3, 0.4) is 0 Å². The average molecular weight is 342 g/mol. The molecule has 1 unspecified atom stereocenters. The monoisotopic (exact) mass is 341 g/mol. The van der Waals surface area contributed by atoms with Gasteiger partial charge in [0.05, 0.1) is 6.67 Å². The molecule has 2 fully saturated rings. The van der Waals surface area contributed by atoms with Gasteiger partial charge in [0.15, 0.2) is 0 Å². The van der Waals surface area contributed by atoms with E-state index in [0.717, 1.165) is 25.9 Å². The Morgan fingerprint density at radius 1 is 1.23 bits per heavy atom. The predicted molar refractivity (Wildman–Crippen MR) is 84.9 cm³/mol. The quantitative estimate of drug-likeness (QED) is 0.860. The van der Waals surface area contributed by atoms with Gasteiger partial charge in [-0.1, -0.05) is 29.3 Å². The Morgan fingerprint density at radius 2 is 1.91 bits per heavy atom. The second kappa shape index (κ2) is 5.72. The van der Waals surface area contributed by atoms with E-state index in [1.165, 1.54) is 4.90 Å². The van der Waals surface area contributed by atoms with E-state index < -0.39 is 5.54 Å². The lowest BCUT2D eigenvalue weighted by Gasteiger charge is -2.25. The summed E-state index contributed by atoms with van der Waals surface area (Å²) in [5, 5.41) is 3.62. The number of nitrogens with zero attached hydrogens (tertiary/aromatic N) is 2. The molecule has 2 saturated heterocycles. The lowest BCUT2D eigenvalue weighted by molar-refractivity contribution is -0.132. The summed E-state index contributed by atoms with van der Waals surface area (Å²) >= 11 is 12.1. The molecule has 3 amide bonds. The van der Waals surface area contributed by atoms with Crippen molar-refractivity contribution >= 4 is 35.1 Å². The zero-order valence-corrected chi connectivity index (χ0v) is 13.7. The van der Waals surface area contributed by atoms with Crippen LogP contribution in [0.5, 0.6) is 0 Å². The molecule has 0 radical (unpaired) electrons. The van der Waals surface area contributed by atoms with Crippen molar-refractivity contribution in [1.82, 2.24) is 15.1 Å². The van der Waals surface area contributed by atoms with Crippen molar-refractivity contribution in [2.24, 2.45) is 0 Å². The highest BCUT2D eigenvalue weighted by Crippen LogP contribution is 2.35. The lowest BCUT2D eigenvalue weighted by Crippen LogP contribution is -2.43. The minimum absolute atomic E-state index is 0.284. The van der Waals surface area contributed by atoms with Gasteiger partial charge >= 0.3 is 6.03 Å². The van der Waals surface area contributed by atoms with Crippen LogP contribution in [0.2, 0.25) is 10.0 Å². The first-order chi connectivity index (χ1) is 10.4. The highest BCUT2D eigenvalue weighted by atomic mass is 35.5. The van der Waals surface area contributed by atoms with Crippen molar-refractivity contribution < 1.29 is 9.59 Å². The molecule has 0 spiro atoms. The standard InChI is InChI=1S/C15H17Cl2N3O2/c1-15(11-5-4-10(16)8-12(11)17)13(21)20(14(22)18-15)9-19-6-2-3-7-19/h4-5,8H,2-3,6-7,9H2,1H3,(H,18,22). The Hall–Kier alpha value is -1.30. The molecule has 22 heavy (non-hydrogen) atoms. The molecule has 0 aromatic heterocycles. The maximum atomic E-state index is 12.8. The first-order valence-electron chi connectivity index (χ1n) is 7.24. The fraction of sp³-hybridized carbons (Fsp3) is 0.467. The molecule has 1 aromatic rings. The van der Waals surface area contributed by atoms with Gasteiger partial charge in [-0.15, -0.1) is 0 Å². The Kier molecular flexibility index (Phi) is 4.05. The van der Waals surface area contributed by atoms with E-state index in [2.05, 4.69) is 10.2 Å². The van der Waals surface area contributed by atoms with Crippen LogP contribution < -0.4 is 5.32 Å². The number of halogens is 2.